The fraction of sp³-hybridized carbons (Fsp3) is 0.250. The Kier molecular flexibility index (Phi) is 6.29. The number of nitrogens with one attached hydrogen (secondary N) is 4. The maximum absolute atomic E-state index is 12.9. The van der Waals surface area contributed by atoms with Crippen LogP contribution in [0.2, 0.25) is 5.02 Å². The number of aromatic nitrogens is 2. The van der Waals surface area contributed by atoms with Gasteiger partial charge in [0.25, 0.3) is 0 Å². The van der Waals surface area contributed by atoms with Crippen molar-refractivity contribution < 1.29 is 22.6 Å². The van der Waals surface area contributed by atoms with Crippen molar-refractivity contribution in [2.75, 3.05) is 24.8 Å². The molecule has 0 atom stereocenters. The van der Waals surface area contributed by atoms with Crippen molar-refractivity contribution in [1.29, 1.82) is 10.8 Å². The maximum atomic E-state index is 12.9. The summed E-state index contributed by atoms with van der Waals surface area (Å²) in [6.07, 6.45) is -3.95. The van der Waals surface area contributed by atoms with E-state index in [0.29, 0.717) is 6.20 Å². The van der Waals surface area contributed by atoms with Crippen LogP contribution in [0.5, 0.6) is 5.75 Å². The molecule has 1 heterocycles. The number of nitrogens with zero attached hydrogens (tertiary/aromatic N) is 2. The van der Waals surface area contributed by atoms with Crippen LogP contribution in [0.15, 0.2) is 18.3 Å². The second-order valence-corrected chi connectivity index (χ2v) is 5.76. The van der Waals surface area contributed by atoms with Gasteiger partial charge in [-0.1, -0.05) is 11.6 Å². The number of alkyl halides is 3. The molecule has 0 amide bonds. The van der Waals surface area contributed by atoms with E-state index in [1.807, 2.05) is 0 Å². The summed E-state index contributed by atoms with van der Waals surface area (Å²) in [7, 11) is 2.66. The average Bonchev–Trinajstić information content (AvgIpc) is 2.61. The highest BCUT2D eigenvalue weighted by Crippen LogP contribution is 2.35. The fourth-order valence-electron chi connectivity index (χ4n) is 2.16. The minimum absolute atomic E-state index is 0.112. The van der Waals surface area contributed by atoms with E-state index in [2.05, 4.69) is 20.6 Å². The molecule has 2 aromatic rings. The van der Waals surface area contributed by atoms with E-state index in [4.69, 9.17) is 31.9 Å². The van der Waals surface area contributed by atoms with Crippen molar-refractivity contribution in [3.05, 3.63) is 34.5 Å². The zero-order valence-corrected chi connectivity index (χ0v) is 15.7. The molecule has 0 unspecified atom stereocenters. The van der Waals surface area contributed by atoms with Gasteiger partial charge in [0.05, 0.1) is 23.4 Å². The van der Waals surface area contributed by atoms with Crippen LogP contribution < -0.4 is 15.4 Å². The van der Waals surface area contributed by atoms with Crippen LogP contribution in [-0.4, -0.2) is 35.9 Å². The van der Waals surface area contributed by atoms with Gasteiger partial charge in [0.1, 0.15) is 17.1 Å². The van der Waals surface area contributed by atoms with E-state index < -0.39 is 17.6 Å². The van der Waals surface area contributed by atoms with Crippen LogP contribution in [-0.2, 0) is 10.9 Å². The number of anilines is 3. The summed E-state index contributed by atoms with van der Waals surface area (Å²) in [6.45, 7) is 1.36. The molecular formula is C16H16ClF3N6O2. The lowest BCUT2D eigenvalue weighted by atomic mass is 10.1. The Morgan fingerprint density at radius 2 is 1.93 bits per heavy atom. The number of hydrogen-bond donors (Lipinski definition) is 4. The first-order chi connectivity index (χ1) is 13.1. The van der Waals surface area contributed by atoms with Crippen molar-refractivity contribution in [2.45, 2.75) is 13.1 Å². The Balaban J connectivity index is 2.39. The van der Waals surface area contributed by atoms with E-state index in [1.54, 1.807) is 0 Å². The highest BCUT2D eigenvalue weighted by Gasteiger charge is 2.35. The van der Waals surface area contributed by atoms with Crippen LogP contribution in [0.1, 0.15) is 18.1 Å². The molecule has 1 aromatic heterocycles. The summed E-state index contributed by atoms with van der Waals surface area (Å²) in [5, 5.41) is 20.4. The van der Waals surface area contributed by atoms with Gasteiger partial charge in [0.15, 0.2) is 5.90 Å². The molecule has 0 spiro atoms. The molecule has 28 heavy (non-hydrogen) atoms. The molecule has 0 saturated carbocycles. The van der Waals surface area contributed by atoms with Crippen LogP contribution in [0.4, 0.5) is 30.6 Å². The third kappa shape index (κ3) is 4.80. The molecule has 4 N–H and O–H groups in total. The summed E-state index contributed by atoms with van der Waals surface area (Å²) >= 11 is 6.19. The molecule has 0 aliphatic rings. The van der Waals surface area contributed by atoms with Crippen molar-refractivity contribution in [1.82, 2.24) is 9.97 Å². The summed E-state index contributed by atoms with van der Waals surface area (Å²) in [4.78, 5) is 7.46. The average molecular weight is 417 g/mol. The van der Waals surface area contributed by atoms with Crippen molar-refractivity contribution in [3.8, 4) is 5.75 Å². The van der Waals surface area contributed by atoms with Gasteiger partial charge in [-0.15, -0.1) is 0 Å². The molecule has 8 nitrogen and oxygen atoms in total. The number of halogens is 4. The van der Waals surface area contributed by atoms with Gasteiger partial charge in [-0.05, 0) is 6.07 Å². The summed E-state index contributed by atoms with van der Waals surface area (Å²) in [6, 6.07) is 2.77. The van der Waals surface area contributed by atoms with Crippen LogP contribution >= 0.6 is 11.6 Å². The first-order valence-electron chi connectivity index (χ1n) is 7.65. The predicted octanol–water partition coefficient (Wildman–Crippen LogP) is 4.28. The zero-order chi connectivity index (χ0) is 21.1. The van der Waals surface area contributed by atoms with Gasteiger partial charge >= 0.3 is 6.18 Å². The molecule has 0 saturated heterocycles. The van der Waals surface area contributed by atoms with E-state index in [-0.39, 0.29) is 39.8 Å². The smallest absolute Gasteiger partial charge is 0.421 e. The molecule has 0 fully saturated rings. The quantitative estimate of drug-likeness (QED) is 0.427. The highest BCUT2D eigenvalue weighted by atomic mass is 35.5. The third-order valence-corrected chi connectivity index (χ3v) is 3.68. The highest BCUT2D eigenvalue weighted by molar-refractivity contribution is 6.33. The zero-order valence-electron chi connectivity index (χ0n) is 15.0. The Morgan fingerprint density at radius 3 is 2.46 bits per heavy atom. The molecular weight excluding hydrogens is 401 g/mol. The van der Waals surface area contributed by atoms with Crippen LogP contribution in [0, 0.1) is 10.8 Å². The van der Waals surface area contributed by atoms with E-state index in [1.165, 1.54) is 33.2 Å². The molecule has 0 radical (unpaired) electrons. The Labute approximate surface area is 163 Å². The maximum Gasteiger partial charge on any atom is 0.421 e. The Hall–Kier alpha value is -3.08. The third-order valence-electron chi connectivity index (χ3n) is 3.37. The van der Waals surface area contributed by atoms with Gasteiger partial charge in [-0.25, -0.2) is 4.98 Å². The summed E-state index contributed by atoms with van der Waals surface area (Å²) in [5.41, 5.74) is -0.579. The van der Waals surface area contributed by atoms with Gasteiger partial charge in [-0.3, -0.25) is 10.8 Å². The largest absolute Gasteiger partial charge is 0.496 e. The van der Waals surface area contributed by atoms with Gasteiger partial charge in [0.2, 0.25) is 11.8 Å². The second kappa shape index (κ2) is 8.30. The monoisotopic (exact) mass is 416 g/mol. The summed E-state index contributed by atoms with van der Waals surface area (Å²) < 4.78 is 49.0. The number of benzene rings is 1. The Bertz CT molecular complexity index is 920. The van der Waals surface area contributed by atoms with Gasteiger partial charge < -0.3 is 20.1 Å². The lowest BCUT2D eigenvalue weighted by Crippen LogP contribution is -2.13. The number of ether oxygens (including phenoxy) is 2. The van der Waals surface area contributed by atoms with Crippen LogP contribution in [0.25, 0.3) is 0 Å². The predicted molar refractivity (Wildman–Crippen MR) is 99.2 cm³/mol. The van der Waals surface area contributed by atoms with Crippen molar-refractivity contribution in [2.24, 2.45) is 0 Å². The molecule has 12 heteroatoms. The van der Waals surface area contributed by atoms with Crippen molar-refractivity contribution in [3.63, 3.8) is 0 Å². The lowest BCUT2D eigenvalue weighted by Gasteiger charge is -2.15. The lowest BCUT2D eigenvalue weighted by molar-refractivity contribution is -0.137. The van der Waals surface area contributed by atoms with Gasteiger partial charge in [0, 0.05) is 26.2 Å². The molecule has 2 rings (SSSR count). The van der Waals surface area contributed by atoms with Gasteiger partial charge in [-0.2, -0.15) is 18.2 Å². The van der Waals surface area contributed by atoms with E-state index >= 15 is 0 Å². The number of rotatable bonds is 5. The number of hydrogen-bond acceptors (Lipinski definition) is 8. The normalized spacial score (nSPS) is 11.0. The van der Waals surface area contributed by atoms with Crippen LogP contribution in [0.3, 0.4) is 0 Å². The van der Waals surface area contributed by atoms with Crippen molar-refractivity contribution >= 4 is 40.9 Å². The second-order valence-electron chi connectivity index (χ2n) is 5.35. The fourth-order valence-corrected chi connectivity index (χ4v) is 2.38. The summed E-state index contributed by atoms with van der Waals surface area (Å²) in [5.74, 6) is -0.875. The molecule has 1 aromatic carbocycles. The topological polar surface area (TPSA) is 116 Å². The minimum atomic E-state index is -4.60. The Morgan fingerprint density at radius 1 is 1.25 bits per heavy atom. The minimum Gasteiger partial charge on any atom is -0.496 e. The molecule has 0 bridgehead atoms. The SMILES string of the molecule is CNc1nc(Nc2cc(OC)c(C(=N)OC(C)=N)cc2Cl)ncc1C(F)(F)F. The number of methoxy groups -OCH3 is 1. The first kappa shape index (κ1) is 21.2. The molecule has 0 aliphatic heterocycles. The molecule has 0 aliphatic carbocycles. The van der Waals surface area contributed by atoms with E-state index in [0.717, 1.165) is 0 Å². The molecule has 150 valence electrons. The first-order valence-corrected chi connectivity index (χ1v) is 8.03. The van der Waals surface area contributed by atoms with E-state index in [9.17, 15) is 13.2 Å². The standard InChI is InChI=1S/C16H16ClF3N6O2/c1-7(21)28-13(22)8-4-10(17)11(5-12(8)27-3)25-15-24-6-9(16(18,19)20)14(23-2)26-15/h4-6,21-22H,1-3H3,(H2,23,24,25,26).